The molecule has 0 fully saturated rings. The maximum atomic E-state index is 12.1. The molecule has 2 amide bonds. The zero-order valence-corrected chi connectivity index (χ0v) is 16.4. The molecule has 0 saturated heterocycles. The van der Waals surface area contributed by atoms with Crippen LogP contribution < -0.4 is 20.3 Å². The second-order valence-corrected chi connectivity index (χ2v) is 6.51. The summed E-state index contributed by atoms with van der Waals surface area (Å²) in [6.45, 7) is 9.16. The summed E-state index contributed by atoms with van der Waals surface area (Å²) in [7, 11) is 0. The van der Waals surface area contributed by atoms with Crippen LogP contribution in [-0.2, 0) is 9.59 Å². The van der Waals surface area contributed by atoms with Crippen LogP contribution in [0.25, 0.3) is 0 Å². The average Bonchev–Trinajstić information content (AvgIpc) is 2.63. The fraction of sp³-hybridized carbons (Fsp3) is 0.333. The van der Waals surface area contributed by atoms with Gasteiger partial charge in [0.25, 0.3) is 11.8 Å². The van der Waals surface area contributed by atoms with Gasteiger partial charge >= 0.3 is 0 Å². The Bertz CT molecular complexity index is 813. The van der Waals surface area contributed by atoms with Gasteiger partial charge in [-0.25, -0.2) is 0 Å². The molecule has 2 N–H and O–H groups in total. The molecule has 2 aromatic carbocycles. The molecule has 27 heavy (non-hydrogen) atoms. The Morgan fingerprint density at radius 2 is 1.52 bits per heavy atom. The van der Waals surface area contributed by atoms with Gasteiger partial charge in [0.15, 0.2) is 12.7 Å². The maximum absolute atomic E-state index is 12.1. The fourth-order valence-corrected chi connectivity index (χ4v) is 2.53. The van der Waals surface area contributed by atoms with Crippen molar-refractivity contribution < 1.29 is 19.1 Å². The number of para-hydroxylation sites is 1. The highest BCUT2D eigenvalue weighted by atomic mass is 16.5. The number of amides is 2. The Balaban J connectivity index is 1.82. The molecule has 2 rings (SSSR count). The van der Waals surface area contributed by atoms with E-state index in [0.29, 0.717) is 11.5 Å². The summed E-state index contributed by atoms with van der Waals surface area (Å²) in [6, 6.07) is 11.4. The summed E-state index contributed by atoms with van der Waals surface area (Å²) in [5, 5.41) is 0. The maximum Gasteiger partial charge on any atom is 0.279 e. The second kappa shape index (κ2) is 9.07. The van der Waals surface area contributed by atoms with Crippen LogP contribution in [0.5, 0.6) is 11.5 Å². The molecule has 0 aliphatic heterocycles. The van der Waals surface area contributed by atoms with Crippen molar-refractivity contribution in [1.82, 2.24) is 10.9 Å². The third kappa shape index (κ3) is 5.48. The van der Waals surface area contributed by atoms with Gasteiger partial charge in [0.1, 0.15) is 11.5 Å². The van der Waals surface area contributed by atoms with Gasteiger partial charge in [0, 0.05) is 0 Å². The molecule has 0 bridgehead atoms. The number of carbonyl (C=O) groups is 2. The first-order valence-electron chi connectivity index (χ1n) is 8.80. The number of nitrogens with one attached hydrogen (secondary N) is 2. The number of benzene rings is 2. The summed E-state index contributed by atoms with van der Waals surface area (Å²) < 4.78 is 11.2. The van der Waals surface area contributed by atoms with Crippen LogP contribution in [0.15, 0.2) is 36.4 Å². The van der Waals surface area contributed by atoms with Gasteiger partial charge in [-0.3, -0.25) is 20.4 Å². The van der Waals surface area contributed by atoms with Crippen molar-refractivity contribution in [2.24, 2.45) is 0 Å². The molecule has 2 aromatic rings. The van der Waals surface area contributed by atoms with Crippen molar-refractivity contribution in [2.75, 3.05) is 6.61 Å². The van der Waals surface area contributed by atoms with Crippen LogP contribution in [-0.4, -0.2) is 24.5 Å². The summed E-state index contributed by atoms with van der Waals surface area (Å²) in [5.74, 6) is 0.411. The zero-order chi connectivity index (χ0) is 20.0. The van der Waals surface area contributed by atoms with Gasteiger partial charge in [0.2, 0.25) is 0 Å². The van der Waals surface area contributed by atoms with Crippen LogP contribution in [0.1, 0.15) is 29.2 Å². The first-order valence-corrected chi connectivity index (χ1v) is 8.80. The van der Waals surface area contributed by atoms with Crippen molar-refractivity contribution >= 4 is 11.8 Å². The normalized spacial score (nSPS) is 11.4. The predicted molar refractivity (Wildman–Crippen MR) is 104 cm³/mol. The molecular formula is C21H26N2O4. The van der Waals surface area contributed by atoms with E-state index in [1.165, 1.54) is 0 Å². The zero-order valence-electron chi connectivity index (χ0n) is 16.4. The van der Waals surface area contributed by atoms with Crippen molar-refractivity contribution in [3.05, 3.63) is 58.7 Å². The minimum absolute atomic E-state index is 0.196. The highest BCUT2D eigenvalue weighted by Crippen LogP contribution is 2.22. The molecule has 0 aliphatic rings. The smallest absolute Gasteiger partial charge is 0.279 e. The van der Waals surface area contributed by atoms with Gasteiger partial charge in [-0.1, -0.05) is 30.3 Å². The quantitative estimate of drug-likeness (QED) is 0.767. The van der Waals surface area contributed by atoms with Gasteiger partial charge in [-0.15, -0.1) is 0 Å². The van der Waals surface area contributed by atoms with Gasteiger partial charge in [-0.05, 0) is 62.9 Å². The number of hydrogen-bond donors (Lipinski definition) is 2. The molecule has 1 atom stereocenters. The monoisotopic (exact) mass is 370 g/mol. The van der Waals surface area contributed by atoms with Gasteiger partial charge in [0.05, 0.1) is 0 Å². The lowest BCUT2D eigenvalue weighted by Gasteiger charge is -2.17. The van der Waals surface area contributed by atoms with Crippen LogP contribution in [0.4, 0.5) is 0 Å². The van der Waals surface area contributed by atoms with Crippen LogP contribution in [0.2, 0.25) is 0 Å². The fourth-order valence-electron chi connectivity index (χ4n) is 2.53. The first-order chi connectivity index (χ1) is 12.8. The number of carbonyl (C=O) groups excluding carboxylic acids is 2. The molecule has 0 saturated carbocycles. The van der Waals surface area contributed by atoms with Crippen molar-refractivity contribution in [3.8, 4) is 11.5 Å². The molecular weight excluding hydrogens is 344 g/mol. The van der Waals surface area contributed by atoms with E-state index in [9.17, 15) is 9.59 Å². The number of hydrazine groups is 1. The summed E-state index contributed by atoms with van der Waals surface area (Å²) in [4.78, 5) is 24.1. The second-order valence-electron chi connectivity index (χ2n) is 6.51. The topological polar surface area (TPSA) is 76.7 Å². The van der Waals surface area contributed by atoms with Crippen molar-refractivity contribution in [2.45, 2.75) is 40.7 Å². The largest absolute Gasteiger partial charge is 0.483 e. The molecule has 0 radical (unpaired) electrons. The van der Waals surface area contributed by atoms with E-state index in [1.807, 2.05) is 64.1 Å². The molecule has 1 unspecified atom stereocenters. The molecule has 6 heteroatoms. The number of hydrogen-bond acceptors (Lipinski definition) is 4. The van der Waals surface area contributed by atoms with E-state index in [2.05, 4.69) is 10.9 Å². The Kier molecular flexibility index (Phi) is 6.82. The highest BCUT2D eigenvalue weighted by Gasteiger charge is 2.17. The average molecular weight is 370 g/mol. The Hall–Kier alpha value is -3.02. The van der Waals surface area contributed by atoms with E-state index in [-0.39, 0.29) is 6.61 Å². The van der Waals surface area contributed by atoms with Crippen molar-refractivity contribution in [3.63, 3.8) is 0 Å². The van der Waals surface area contributed by atoms with Crippen LogP contribution >= 0.6 is 0 Å². The number of rotatable bonds is 6. The van der Waals surface area contributed by atoms with Crippen molar-refractivity contribution in [1.29, 1.82) is 0 Å². The third-order valence-electron chi connectivity index (χ3n) is 4.31. The minimum Gasteiger partial charge on any atom is -0.483 e. The lowest BCUT2D eigenvalue weighted by Crippen LogP contribution is -2.48. The van der Waals surface area contributed by atoms with Gasteiger partial charge in [-0.2, -0.15) is 0 Å². The molecule has 144 valence electrons. The van der Waals surface area contributed by atoms with E-state index >= 15 is 0 Å². The number of aryl methyl sites for hydroxylation is 3. The lowest BCUT2D eigenvalue weighted by molar-refractivity contribution is -0.133. The highest BCUT2D eigenvalue weighted by molar-refractivity contribution is 5.85. The summed E-state index contributed by atoms with van der Waals surface area (Å²) in [5.41, 5.74) is 8.65. The first kappa shape index (κ1) is 20.3. The Morgan fingerprint density at radius 3 is 2.19 bits per heavy atom. The third-order valence-corrected chi connectivity index (χ3v) is 4.31. The molecule has 6 nitrogen and oxygen atoms in total. The predicted octanol–water partition coefficient (Wildman–Crippen LogP) is 2.91. The Morgan fingerprint density at radius 1 is 0.926 bits per heavy atom. The van der Waals surface area contributed by atoms with E-state index in [1.54, 1.807) is 6.92 Å². The van der Waals surface area contributed by atoms with E-state index < -0.39 is 17.9 Å². The van der Waals surface area contributed by atoms with Gasteiger partial charge < -0.3 is 9.47 Å². The Labute approximate surface area is 159 Å². The van der Waals surface area contributed by atoms with E-state index in [4.69, 9.17) is 9.47 Å². The summed E-state index contributed by atoms with van der Waals surface area (Å²) in [6.07, 6.45) is -0.759. The molecule has 0 aromatic heterocycles. The van der Waals surface area contributed by atoms with Crippen LogP contribution in [0.3, 0.4) is 0 Å². The molecule has 0 spiro atoms. The minimum atomic E-state index is -0.759. The molecule has 0 heterocycles. The lowest BCUT2D eigenvalue weighted by atomic mass is 10.1. The standard InChI is InChI=1S/C21H26N2O4/c1-13-8-7-11-18(16(13)4)27-17(5)21(25)23-22-19(24)12-26-20-14(2)9-6-10-15(20)3/h6-11,17H,12H2,1-5H3,(H,22,24)(H,23,25). The van der Waals surface area contributed by atoms with Crippen LogP contribution in [0, 0.1) is 27.7 Å². The molecule has 0 aliphatic carbocycles. The SMILES string of the molecule is Cc1cccc(OC(C)C(=O)NNC(=O)COc2c(C)cccc2C)c1C. The summed E-state index contributed by atoms with van der Waals surface area (Å²) >= 11 is 0. The van der Waals surface area contributed by atoms with E-state index in [0.717, 1.165) is 22.3 Å². The number of ether oxygens (including phenoxy) is 2.